The molecular weight excluding hydrogens is 415 g/mol. The van der Waals surface area contributed by atoms with Crippen LogP contribution in [0.1, 0.15) is 49.6 Å². The first-order valence-electron chi connectivity index (χ1n) is 11.0. The molecule has 7 heteroatoms. The number of nitrogens with zero attached hydrogens (tertiary/aromatic N) is 2. The Morgan fingerprint density at radius 2 is 2.00 bits per heavy atom. The molecule has 2 aromatic rings. The van der Waals surface area contributed by atoms with E-state index in [9.17, 15) is 14.0 Å². The number of carbonyl (C=O) groups excluding carboxylic acids is 2. The quantitative estimate of drug-likeness (QED) is 0.605. The Balaban J connectivity index is 1.50. The van der Waals surface area contributed by atoms with Crippen LogP contribution in [0, 0.1) is 11.7 Å². The van der Waals surface area contributed by atoms with Gasteiger partial charge < -0.3 is 14.5 Å². The number of ether oxygens (including phenoxy) is 1. The van der Waals surface area contributed by atoms with Gasteiger partial charge in [-0.15, -0.1) is 11.3 Å². The first kappa shape index (κ1) is 21.8. The van der Waals surface area contributed by atoms with Crippen molar-refractivity contribution in [3.8, 4) is 5.75 Å². The van der Waals surface area contributed by atoms with Crippen LogP contribution in [0.2, 0.25) is 0 Å². The fourth-order valence-corrected chi connectivity index (χ4v) is 4.98. The third kappa shape index (κ3) is 4.92. The van der Waals surface area contributed by atoms with Crippen LogP contribution in [0.5, 0.6) is 5.75 Å². The molecule has 0 bridgehead atoms. The average molecular weight is 445 g/mol. The van der Waals surface area contributed by atoms with Crippen molar-refractivity contribution >= 4 is 23.2 Å². The van der Waals surface area contributed by atoms with Crippen molar-refractivity contribution in [3.63, 3.8) is 0 Å². The van der Waals surface area contributed by atoms with E-state index in [1.54, 1.807) is 28.4 Å². The maximum atomic E-state index is 13.4. The predicted octanol–water partition coefficient (Wildman–Crippen LogP) is 4.43. The molecule has 5 nitrogen and oxygen atoms in total. The molecule has 2 atom stereocenters. The number of halogens is 1. The monoisotopic (exact) mass is 444 g/mol. The number of hydrogen-bond donors (Lipinski definition) is 0. The molecule has 0 saturated heterocycles. The van der Waals surface area contributed by atoms with Gasteiger partial charge in [-0.3, -0.25) is 9.59 Å². The molecule has 0 spiro atoms. The summed E-state index contributed by atoms with van der Waals surface area (Å²) in [6.45, 7) is 5.06. The SMILES string of the molecule is CC[C@H](C)N(CC(=O)N1CCc2sccc2[C@@H]1COc1ccc(F)cc1)C(=O)C1CC1. The summed E-state index contributed by atoms with van der Waals surface area (Å²) >= 11 is 1.70. The van der Waals surface area contributed by atoms with Crippen LogP contribution in [0.3, 0.4) is 0 Å². The van der Waals surface area contributed by atoms with Gasteiger partial charge in [0.25, 0.3) is 0 Å². The molecule has 1 aliphatic heterocycles. The highest BCUT2D eigenvalue weighted by Gasteiger charge is 2.38. The van der Waals surface area contributed by atoms with Gasteiger partial charge in [-0.05, 0) is 73.9 Å². The number of rotatable bonds is 8. The molecule has 31 heavy (non-hydrogen) atoms. The van der Waals surface area contributed by atoms with Crippen LogP contribution in [0.4, 0.5) is 4.39 Å². The number of hydrogen-bond acceptors (Lipinski definition) is 4. The maximum Gasteiger partial charge on any atom is 0.242 e. The molecule has 2 aliphatic rings. The molecule has 1 aromatic heterocycles. The second kappa shape index (κ2) is 9.39. The minimum atomic E-state index is -0.313. The van der Waals surface area contributed by atoms with Gasteiger partial charge >= 0.3 is 0 Å². The van der Waals surface area contributed by atoms with Gasteiger partial charge in [0.2, 0.25) is 11.8 Å². The van der Waals surface area contributed by atoms with E-state index in [1.165, 1.54) is 17.0 Å². The number of thiophene rings is 1. The van der Waals surface area contributed by atoms with E-state index in [2.05, 4.69) is 6.07 Å². The molecule has 2 amide bonds. The van der Waals surface area contributed by atoms with Gasteiger partial charge in [-0.25, -0.2) is 4.39 Å². The Morgan fingerprint density at radius 1 is 1.26 bits per heavy atom. The second-order valence-electron chi connectivity index (χ2n) is 8.41. The molecule has 0 unspecified atom stereocenters. The molecule has 0 N–H and O–H groups in total. The van der Waals surface area contributed by atoms with Crippen LogP contribution in [0.25, 0.3) is 0 Å². The average Bonchev–Trinajstić information content (AvgIpc) is 3.52. The Labute approximate surface area is 186 Å². The first-order valence-corrected chi connectivity index (χ1v) is 11.9. The van der Waals surface area contributed by atoms with Crippen LogP contribution in [0.15, 0.2) is 35.7 Å². The number of carbonyl (C=O) groups is 2. The van der Waals surface area contributed by atoms with Crippen molar-refractivity contribution in [1.82, 2.24) is 9.80 Å². The summed E-state index contributed by atoms with van der Waals surface area (Å²) in [5.41, 5.74) is 1.11. The summed E-state index contributed by atoms with van der Waals surface area (Å²) in [5, 5.41) is 2.05. The van der Waals surface area contributed by atoms with E-state index in [0.717, 1.165) is 31.2 Å². The van der Waals surface area contributed by atoms with Crippen molar-refractivity contribution in [2.45, 2.75) is 51.6 Å². The standard InChI is InChI=1S/C24H29FN2O3S/c1-3-16(2)27(24(29)17-4-5-17)14-23(28)26-12-10-22-20(11-13-31-22)21(26)15-30-19-8-6-18(25)7-9-19/h6-9,11,13,16-17,21H,3-5,10,12,14-15H2,1-2H3/t16-,21-/m0/s1. The predicted molar refractivity (Wildman–Crippen MR) is 119 cm³/mol. The van der Waals surface area contributed by atoms with Crippen molar-refractivity contribution in [1.29, 1.82) is 0 Å². The molecule has 1 saturated carbocycles. The lowest BCUT2D eigenvalue weighted by Crippen LogP contribution is -2.50. The van der Waals surface area contributed by atoms with Gasteiger partial charge in [0.05, 0.1) is 6.04 Å². The Kier molecular flexibility index (Phi) is 6.60. The van der Waals surface area contributed by atoms with E-state index in [-0.39, 0.29) is 42.2 Å². The zero-order valence-electron chi connectivity index (χ0n) is 18.1. The van der Waals surface area contributed by atoms with E-state index >= 15 is 0 Å². The zero-order chi connectivity index (χ0) is 22.0. The van der Waals surface area contributed by atoms with Crippen molar-refractivity contribution in [2.24, 2.45) is 5.92 Å². The van der Waals surface area contributed by atoms with Crippen LogP contribution >= 0.6 is 11.3 Å². The van der Waals surface area contributed by atoms with Gasteiger partial charge in [0, 0.05) is 23.4 Å². The van der Waals surface area contributed by atoms with E-state index in [4.69, 9.17) is 4.74 Å². The lowest BCUT2D eigenvalue weighted by Gasteiger charge is -2.38. The van der Waals surface area contributed by atoms with Crippen LogP contribution < -0.4 is 4.74 Å². The molecule has 1 aliphatic carbocycles. The summed E-state index contributed by atoms with van der Waals surface area (Å²) in [7, 11) is 0. The van der Waals surface area contributed by atoms with Gasteiger partial charge in [-0.1, -0.05) is 6.92 Å². The molecule has 2 heterocycles. The lowest BCUT2D eigenvalue weighted by atomic mass is 10.00. The van der Waals surface area contributed by atoms with Gasteiger partial charge in [0.1, 0.15) is 24.7 Å². The first-order chi connectivity index (χ1) is 15.0. The fraction of sp³-hybridized carbons (Fsp3) is 0.500. The second-order valence-corrected chi connectivity index (χ2v) is 9.42. The Morgan fingerprint density at radius 3 is 2.68 bits per heavy atom. The summed E-state index contributed by atoms with van der Waals surface area (Å²) in [6, 6.07) is 7.79. The van der Waals surface area contributed by atoms with E-state index in [1.807, 2.05) is 24.1 Å². The van der Waals surface area contributed by atoms with Crippen molar-refractivity contribution in [3.05, 3.63) is 52.0 Å². The highest BCUT2D eigenvalue weighted by atomic mass is 32.1. The minimum Gasteiger partial charge on any atom is -0.491 e. The van der Waals surface area contributed by atoms with E-state index in [0.29, 0.717) is 18.9 Å². The molecule has 166 valence electrons. The molecule has 0 radical (unpaired) electrons. The largest absolute Gasteiger partial charge is 0.491 e. The lowest BCUT2D eigenvalue weighted by molar-refractivity contribution is -0.145. The Bertz CT molecular complexity index is 925. The minimum absolute atomic E-state index is 0.0347. The summed E-state index contributed by atoms with van der Waals surface area (Å²) in [4.78, 5) is 31.1. The number of fused-ring (bicyclic) bond motifs is 1. The summed E-state index contributed by atoms with van der Waals surface area (Å²) in [6.07, 6.45) is 3.48. The molecule has 4 rings (SSSR count). The van der Waals surface area contributed by atoms with Crippen LogP contribution in [-0.4, -0.2) is 47.4 Å². The normalized spacial score (nSPS) is 18.9. The van der Waals surface area contributed by atoms with Crippen molar-refractivity contribution < 1.29 is 18.7 Å². The topological polar surface area (TPSA) is 49.9 Å². The molecule has 1 fully saturated rings. The highest BCUT2D eigenvalue weighted by Crippen LogP contribution is 2.35. The maximum absolute atomic E-state index is 13.4. The van der Waals surface area contributed by atoms with E-state index < -0.39 is 0 Å². The number of benzene rings is 1. The summed E-state index contributed by atoms with van der Waals surface area (Å²) in [5.74, 6) is 0.409. The number of amides is 2. The third-order valence-electron chi connectivity index (χ3n) is 6.27. The zero-order valence-corrected chi connectivity index (χ0v) is 18.9. The van der Waals surface area contributed by atoms with Crippen LogP contribution in [-0.2, 0) is 16.0 Å². The fourth-order valence-electron chi connectivity index (χ4n) is 4.05. The van der Waals surface area contributed by atoms with Crippen molar-refractivity contribution in [2.75, 3.05) is 19.7 Å². The smallest absolute Gasteiger partial charge is 0.242 e. The van der Waals surface area contributed by atoms with Gasteiger partial charge in [0.15, 0.2) is 0 Å². The van der Waals surface area contributed by atoms with Gasteiger partial charge in [-0.2, -0.15) is 0 Å². The third-order valence-corrected chi connectivity index (χ3v) is 7.27. The molecule has 1 aromatic carbocycles. The summed E-state index contributed by atoms with van der Waals surface area (Å²) < 4.78 is 19.1. The molecular formula is C24H29FN2O3S. The highest BCUT2D eigenvalue weighted by molar-refractivity contribution is 7.10. The Hall–Kier alpha value is -2.41.